The lowest BCUT2D eigenvalue weighted by Gasteiger charge is -2.46. The number of hydrogen-bond acceptors (Lipinski definition) is 13. The summed E-state index contributed by atoms with van der Waals surface area (Å²) in [6.07, 6.45) is 89.5. The molecule has 9 N–H and O–H groups in total. The van der Waals surface area contributed by atoms with Crippen LogP contribution in [0.15, 0.2) is 97.2 Å². The highest BCUT2D eigenvalue weighted by molar-refractivity contribution is 5.76. The molecular formula is C91H163NO13. The number of amides is 1. The predicted octanol–water partition coefficient (Wildman–Crippen LogP) is 21.2. The molecule has 0 aromatic carbocycles. The van der Waals surface area contributed by atoms with Crippen molar-refractivity contribution in [2.45, 2.75) is 453 Å². The van der Waals surface area contributed by atoms with Crippen LogP contribution in [-0.4, -0.2) is 140 Å². The Kier molecular flexibility index (Phi) is 68.8. The highest BCUT2D eigenvalue weighted by atomic mass is 16.7. The first kappa shape index (κ1) is 98.0. The zero-order chi connectivity index (χ0) is 75.8. The number of nitrogens with one attached hydrogen (secondary N) is 1. The normalized spacial score (nSPS) is 21.8. The van der Waals surface area contributed by atoms with Crippen molar-refractivity contribution in [3.05, 3.63) is 97.2 Å². The second-order valence-corrected chi connectivity index (χ2v) is 30.6. The first-order valence-electron chi connectivity index (χ1n) is 44.0. The molecule has 2 heterocycles. The molecule has 14 heteroatoms. The predicted molar refractivity (Wildman–Crippen MR) is 438 cm³/mol. The van der Waals surface area contributed by atoms with E-state index in [1.165, 1.54) is 270 Å². The summed E-state index contributed by atoms with van der Waals surface area (Å²) in [6.45, 7) is 2.71. The Balaban J connectivity index is 1.58. The SMILES string of the molecule is CC/C=C\C/C=C\C/C=C\C/C=C\C/C=C\CCCCCCCCCCCCCCCCCCCCCCCCCCCC(=O)NC(COC1OC(CO)C(OC2OC(CO)C(O)C(O)C2O)C(O)C1O)C(O)/C=C/CC/C=C/CC/C=C/CCCCCCCCCCCCCCCCCCCCCC. The Labute approximate surface area is 643 Å². The van der Waals surface area contributed by atoms with Gasteiger partial charge in [0.2, 0.25) is 5.91 Å². The summed E-state index contributed by atoms with van der Waals surface area (Å²) < 4.78 is 22.9. The fourth-order valence-corrected chi connectivity index (χ4v) is 14.1. The summed E-state index contributed by atoms with van der Waals surface area (Å²) in [7, 11) is 0. The van der Waals surface area contributed by atoms with E-state index in [1.54, 1.807) is 6.08 Å². The minimum atomic E-state index is -1.80. The molecule has 105 heavy (non-hydrogen) atoms. The second kappa shape index (κ2) is 73.7. The van der Waals surface area contributed by atoms with E-state index in [0.717, 1.165) is 77.0 Å². The molecular weight excluding hydrogens is 1310 g/mol. The largest absolute Gasteiger partial charge is 0.394 e. The molecule has 0 aromatic heterocycles. The fraction of sp³-hybridized carbons (Fsp3) is 0.813. The third kappa shape index (κ3) is 55.9. The van der Waals surface area contributed by atoms with Crippen LogP contribution in [0.5, 0.6) is 0 Å². The number of ether oxygens (including phenoxy) is 4. The van der Waals surface area contributed by atoms with Gasteiger partial charge in [-0.3, -0.25) is 4.79 Å². The number of hydrogen-bond donors (Lipinski definition) is 9. The third-order valence-corrected chi connectivity index (χ3v) is 21.0. The number of carbonyl (C=O) groups excluding carboxylic acids is 1. The van der Waals surface area contributed by atoms with Gasteiger partial charge in [-0.05, 0) is 89.9 Å². The molecule has 0 aromatic rings. The Morgan fingerprint density at radius 1 is 0.352 bits per heavy atom. The molecule has 14 nitrogen and oxygen atoms in total. The first-order valence-corrected chi connectivity index (χ1v) is 44.0. The standard InChI is InChI=1S/C91H163NO13/c1-3-5-7-9-11-13-15-17-19-21-23-25-27-29-31-33-35-36-37-38-39-40-41-42-43-44-45-47-49-51-53-55-57-59-61-63-65-67-69-71-73-75-83(96)92-79(78-102-90-88(101)86(99)89(82(77-94)104-90)105-91-87(100)85(98)84(97)81(76-93)103-91)80(95)74-72-70-68-66-64-62-60-58-56-54-52-50-48-46-34-32-30-28-26-24-22-20-18-16-14-12-10-8-6-4-2/h5,7,11,13,17,19,23,25,29,31,56,58,64,66,72,74,79-82,84-91,93-95,97-101H,3-4,6,8-10,12,14-16,18,20-22,24,26-28,30,32-55,57,59-63,65,67-71,73,75-78H2,1-2H3,(H,92,96)/b7-5-,13-11-,19-17-,25-23-,31-29-,58-56+,66-64+,74-72+. The molecule has 2 fully saturated rings. The number of aliphatic hydroxyl groups excluding tert-OH is 8. The Bertz CT molecular complexity index is 2140. The van der Waals surface area contributed by atoms with E-state index in [9.17, 15) is 45.6 Å². The van der Waals surface area contributed by atoms with E-state index in [4.69, 9.17) is 18.9 Å². The maximum atomic E-state index is 13.4. The molecule has 2 saturated heterocycles. The van der Waals surface area contributed by atoms with Crippen LogP contribution < -0.4 is 5.32 Å². The highest BCUT2D eigenvalue weighted by Gasteiger charge is 2.51. The lowest BCUT2D eigenvalue weighted by Crippen LogP contribution is -2.65. The maximum absolute atomic E-state index is 13.4. The van der Waals surface area contributed by atoms with Crippen LogP contribution in [0.25, 0.3) is 0 Å². The van der Waals surface area contributed by atoms with Gasteiger partial charge in [-0.1, -0.05) is 381 Å². The van der Waals surface area contributed by atoms with Crippen LogP contribution in [0.3, 0.4) is 0 Å². The molecule has 12 atom stereocenters. The van der Waals surface area contributed by atoms with Gasteiger partial charge in [0.05, 0.1) is 32.0 Å². The summed E-state index contributed by atoms with van der Waals surface area (Å²) in [5.74, 6) is -0.248. The average molecular weight is 1480 g/mol. The third-order valence-electron chi connectivity index (χ3n) is 21.0. The van der Waals surface area contributed by atoms with Gasteiger partial charge in [0, 0.05) is 6.42 Å². The van der Waals surface area contributed by atoms with E-state index in [0.29, 0.717) is 12.8 Å². The molecule has 0 saturated carbocycles. The molecule has 2 rings (SSSR count). The Morgan fingerprint density at radius 3 is 1.05 bits per heavy atom. The molecule has 2 aliphatic heterocycles. The molecule has 0 aliphatic carbocycles. The van der Waals surface area contributed by atoms with Gasteiger partial charge in [-0.2, -0.15) is 0 Å². The Hall–Kier alpha value is -3.09. The number of unbranched alkanes of at least 4 members (excludes halogenated alkanes) is 47. The smallest absolute Gasteiger partial charge is 0.220 e. The molecule has 0 radical (unpaired) electrons. The van der Waals surface area contributed by atoms with Crippen molar-refractivity contribution in [2.24, 2.45) is 0 Å². The summed E-state index contributed by atoms with van der Waals surface area (Å²) in [5, 5.41) is 87.8. The topological polar surface area (TPSA) is 228 Å². The minimum Gasteiger partial charge on any atom is -0.394 e. The second-order valence-electron chi connectivity index (χ2n) is 30.6. The lowest BCUT2D eigenvalue weighted by atomic mass is 9.97. The van der Waals surface area contributed by atoms with E-state index < -0.39 is 86.8 Å². The van der Waals surface area contributed by atoms with Crippen LogP contribution >= 0.6 is 0 Å². The van der Waals surface area contributed by atoms with Crippen molar-refractivity contribution < 1.29 is 64.6 Å². The minimum absolute atomic E-state index is 0.248. The van der Waals surface area contributed by atoms with Gasteiger partial charge >= 0.3 is 0 Å². The van der Waals surface area contributed by atoms with Crippen molar-refractivity contribution in [2.75, 3.05) is 19.8 Å². The van der Waals surface area contributed by atoms with Crippen molar-refractivity contribution >= 4 is 5.91 Å². The maximum Gasteiger partial charge on any atom is 0.220 e. The fourth-order valence-electron chi connectivity index (χ4n) is 14.1. The zero-order valence-electron chi connectivity index (χ0n) is 67.2. The molecule has 1 amide bonds. The monoisotopic (exact) mass is 1480 g/mol. The van der Waals surface area contributed by atoms with Crippen molar-refractivity contribution in [3.63, 3.8) is 0 Å². The van der Waals surface area contributed by atoms with Gasteiger partial charge in [0.25, 0.3) is 0 Å². The van der Waals surface area contributed by atoms with Crippen molar-refractivity contribution in [1.82, 2.24) is 5.32 Å². The van der Waals surface area contributed by atoms with E-state index in [1.807, 2.05) is 6.08 Å². The lowest BCUT2D eigenvalue weighted by molar-refractivity contribution is -0.359. The van der Waals surface area contributed by atoms with Crippen molar-refractivity contribution in [1.29, 1.82) is 0 Å². The van der Waals surface area contributed by atoms with Crippen molar-refractivity contribution in [3.8, 4) is 0 Å². The summed E-state index contributed by atoms with van der Waals surface area (Å²) in [5.41, 5.74) is 0. The average Bonchev–Trinajstić information content (AvgIpc) is 0.769. The quantitative estimate of drug-likeness (QED) is 0.0204. The highest BCUT2D eigenvalue weighted by Crippen LogP contribution is 2.30. The molecule has 0 bridgehead atoms. The number of carbonyl (C=O) groups is 1. The van der Waals surface area contributed by atoms with Crippen LogP contribution in [0.1, 0.15) is 380 Å². The van der Waals surface area contributed by atoms with Crippen LogP contribution in [0.4, 0.5) is 0 Å². The number of aliphatic hydroxyl groups is 8. The van der Waals surface area contributed by atoms with Gasteiger partial charge in [-0.25, -0.2) is 0 Å². The van der Waals surface area contributed by atoms with E-state index in [2.05, 4.69) is 104 Å². The molecule has 2 aliphatic rings. The molecule has 610 valence electrons. The molecule has 12 unspecified atom stereocenters. The van der Waals surface area contributed by atoms with Gasteiger partial charge in [0.15, 0.2) is 12.6 Å². The summed E-state index contributed by atoms with van der Waals surface area (Å²) in [6, 6.07) is -0.943. The van der Waals surface area contributed by atoms with Gasteiger partial charge in [-0.15, -0.1) is 0 Å². The van der Waals surface area contributed by atoms with Gasteiger partial charge < -0.3 is 65.1 Å². The first-order chi connectivity index (χ1) is 51.6. The van der Waals surface area contributed by atoms with E-state index in [-0.39, 0.29) is 18.9 Å². The van der Waals surface area contributed by atoms with Crippen LogP contribution in [-0.2, 0) is 23.7 Å². The number of allylic oxidation sites excluding steroid dienone is 15. The van der Waals surface area contributed by atoms with Gasteiger partial charge in [0.1, 0.15) is 48.8 Å². The number of rotatable bonds is 74. The van der Waals surface area contributed by atoms with E-state index >= 15 is 0 Å². The Morgan fingerprint density at radius 2 is 0.667 bits per heavy atom. The zero-order valence-corrected chi connectivity index (χ0v) is 67.2. The summed E-state index contributed by atoms with van der Waals surface area (Å²) in [4.78, 5) is 13.4. The summed E-state index contributed by atoms with van der Waals surface area (Å²) >= 11 is 0. The van der Waals surface area contributed by atoms with Crippen LogP contribution in [0.2, 0.25) is 0 Å². The van der Waals surface area contributed by atoms with Crippen LogP contribution in [0, 0.1) is 0 Å². The molecule has 0 spiro atoms.